The van der Waals surface area contributed by atoms with Crippen molar-refractivity contribution in [3.63, 3.8) is 0 Å². The molecule has 0 atom stereocenters. The summed E-state index contributed by atoms with van der Waals surface area (Å²) in [5, 5.41) is 9.49. The Labute approximate surface area is 185 Å². The summed E-state index contributed by atoms with van der Waals surface area (Å²) in [4.78, 5) is 21.3. The number of carbonyl (C=O) groups excluding carboxylic acids is 1. The number of hydrogen-bond acceptors (Lipinski definition) is 7. The molecule has 2 fully saturated rings. The summed E-state index contributed by atoms with van der Waals surface area (Å²) in [5.74, 6) is 0.633. The van der Waals surface area contributed by atoms with E-state index in [2.05, 4.69) is 16.0 Å². The van der Waals surface area contributed by atoms with Crippen LogP contribution in [0.25, 0.3) is 6.08 Å². The number of amides is 1. The second-order valence-corrected chi connectivity index (χ2v) is 8.96. The average Bonchev–Trinajstić information content (AvgIpc) is 3.14. The molecule has 0 aliphatic carbocycles. The minimum absolute atomic E-state index is 0.144. The fraction of sp³-hybridized carbons (Fsp3) is 0.364. The topological polar surface area (TPSA) is 73.4 Å². The number of carbonyl (C=O) groups is 1. The first-order valence-electron chi connectivity index (χ1n) is 10.1. The van der Waals surface area contributed by atoms with E-state index < -0.39 is 0 Å². The number of thioether (sulfide) groups is 1. The molecule has 0 bridgehead atoms. The SMILES string of the molecule is N#Cc1nc(/C=C2/SC(=S)N(CCc3ccccc3)C2=O)oc1N1CCCCCC1. The molecule has 1 aromatic heterocycles. The van der Waals surface area contributed by atoms with Crippen LogP contribution in [0.2, 0.25) is 0 Å². The lowest BCUT2D eigenvalue weighted by Gasteiger charge is -2.18. The van der Waals surface area contributed by atoms with Gasteiger partial charge in [-0.2, -0.15) is 10.2 Å². The van der Waals surface area contributed by atoms with Gasteiger partial charge in [-0.05, 0) is 24.8 Å². The number of rotatable bonds is 5. The van der Waals surface area contributed by atoms with Crippen LogP contribution in [0.15, 0.2) is 39.7 Å². The summed E-state index contributed by atoms with van der Waals surface area (Å²) >= 11 is 6.66. The van der Waals surface area contributed by atoms with Gasteiger partial charge in [0.1, 0.15) is 10.4 Å². The predicted octanol–water partition coefficient (Wildman–Crippen LogP) is 4.37. The standard InChI is InChI=1S/C22H22N4O2S2/c23-15-17-21(25-11-6-1-2-7-12-25)28-19(24-17)14-18-20(27)26(22(29)30-18)13-10-16-8-4-3-5-9-16/h3-5,8-9,14H,1-2,6-7,10-13H2/b18-14+. The van der Waals surface area contributed by atoms with Crippen LogP contribution in [-0.4, -0.2) is 39.7 Å². The summed E-state index contributed by atoms with van der Waals surface area (Å²) < 4.78 is 6.43. The zero-order valence-electron chi connectivity index (χ0n) is 16.5. The zero-order valence-corrected chi connectivity index (χ0v) is 18.2. The van der Waals surface area contributed by atoms with Crippen LogP contribution in [0.3, 0.4) is 0 Å². The van der Waals surface area contributed by atoms with Crippen LogP contribution >= 0.6 is 24.0 Å². The predicted molar refractivity (Wildman–Crippen MR) is 122 cm³/mol. The van der Waals surface area contributed by atoms with Crippen molar-refractivity contribution in [3.8, 4) is 6.07 Å². The van der Waals surface area contributed by atoms with Gasteiger partial charge in [0.15, 0.2) is 0 Å². The van der Waals surface area contributed by atoms with Gasteiger partial charge in [0, 0.05) is 25.7 Å². The van der Waals surface area contributed by atoms with E-state index in [0.29, 0.717) is 21.7 Å². The van der Waals surface area contributed by atoms with Crippen LogP contribution in [0.5, 0.6) is 0 Å². The van der Waals surface area contributed by atoms with E-state index in [0.717, 1.165) is 37.9 Å². The van der Waals surface area contributed by atoms with Gasteiger partial charge in [0.2, 0.25) is 17.5 Å². The second-order valence-electron chi connectivity index (χ2n) is 7.29. The minimum atomic E-state index is -0.144. The Morgan fingerprint density at radius 3 is 2.63 bits per heavy atom. The number of oxazole rings is 1. The normalized spacial score (nSPS) is 18.7. The fourth-order valence-corrected chi connectivity index (χ4v) is 4.91. The number of anilines is 1. The molecule has 30 heavy (non-hydrogen) atoms. The van der Waals surface area contributed by atoms with Crippen molar-refractivity contribution in [2.75, 3.05) is 24.5 Å². The smallest absolute Gasteiger partial charge is 0.266 e. The summed E-state index contributed by atoms with van der Waals surface area (Å²) in [7, 11) is 0. The van der Waals surface area contributed by atoms with Crippen molar-refractivity contribution < 1.29 is 9.21 Å². The fourth-order valence-electron chi connectivity index (χ4n) is 3.64. The van der Waals surface area contributed by atoms with Gasteiger partial charge in [-0.15, -0.1) is 0 Å². The Hall–Kier alpha value is -2.63. The van der Waals surface area contributed by atoms with Crippen molar-refractivity contribution in [1.29, 1.82) is 5.26 Å². The second kappa shape index (κ2) is 9.45. The van der Waals surface area contributed by atoms with Crippen molar-refractivity contribution in [1.82, 2.24) is 9.88 Å². The molecule has 3 heterocycles. The Kier molecular flexibility index (Phi) is 6.50. The molecule has 2 aliphatic rings. The third-order valence-electron chi connectivity index (χ3n) is 5.22. The molecule has 4 rings (SSSR count). The molecule has 1 amide bonds. The molecular formula is C22H22N4O2S2. The van der Waals surface area contributed by atoms with Gasteiger partial charge in [0.05, 0.1) is 4.91 Å². The Morgan fingerprint density at radius 1 is 1.20 bits per heavy atom. The molecule has 0 saturated carbocycles. The Morgan fingerprint density at radius 2 is 1.93 bits per heavy atom. The third-order valence-corrected chi connectivity index (χ3v) is 6.60. The monoisotopic (exact) mass is 438 g/mol. The van der Waals surface area contributed by atoms with E-state index in [9.17, 15) is 10.1 Å². The number of aromatic nitrogens is 1. The molecule has 2 aliphatic heterocycles. The highest BCUT2D eigenvalue weighted by atomic mass is 32.2. The number of benzene rings is 1. The highest BCUT2D eigenvalue weighted by molar-refractivity contribution is 8.26. The van der Waals surface area contributed by atoms with Crippen LogP contribution in [-0.2, 0) is 11.2 Å². The molecule has 0 radical (unpaired) electrons. The van der Waals surface area contributed by atoms with E-state index in [1.165, 1.54) is 24.6 Å². The van der Waals surface area contributed by atoms with Crippen LogP contribution in [0.4, 0.5) is 5.88 Å². The summed E-state index contributed by atoms with van der Waals surface area (Å²) in [5.41, 5.74) is 1.42. The van der Waals surface area contributed by atoms with E-state index in [1.54, 1.807) is 11.0 Å². The summed E-state index contributed by atoms with van der Waals surface area (Å²) in [6.45, 7) is 2.23. The first kappa shape index (κ1) is 20.6. The maximum atomic E-state index is 12.9. The number of nitrogens with zero attached hydrogens (tertiary/aromatic N) is 4. The quantitative estimate of drug-likeness (QED) is 0.507. The maximum absolute atomic E-state index is 12.9. The third kappa shape index (κ3) is 4.58. The Bertz CT molecular complexity index is 1000. The van der Waals surface area contributed by atoms with E-state index in [4.69, 9.17) is 16.6 Å². The molecule has 0 N–H and O–H groups in total. The zero-order chi connectivity index (χ0) is 20.9. The summed E-state index contributed by atoms with van der Waals surface area (Å²) in [6.07, 6.45) is 6.85. The van der Waals surface area contributed by atoms with Gasteiger partial charge in [-0.3, -0.25) is 9.69 Å². The lowest BCUT2D eigenvalue weighted by atomic mass is 10.1. The molecular weight excluding hydrogens is 416 g/mol. The first-order chi connectivity index (χ1) is 14.7. The molecule has 0 unspecified atom stereocenters. The van der Waals surface area contributed by atoms with Gasteiger partial charge in [0.25, 0.3) is 5.91 Å². The lowest BCUT2D eigenvalue weighted by molar-refractivity contribution is -0.122. The Balaban J connectivity index is 1.50. The molecule has 154 valence electrons. The highest BCUT2D eigenvalue weighted by Gasteiger charge is 2.32. The molecule has 2 saturated heterocycles. The largest absolute Gasteiger partial charge is 0.420 e. The van der Waals surface area contributed by atoms with Gasteiger partial charge in [-0.1, -0.05) is 67.2 Å². The highest BCUT2D eigenvalue weighted by Crippen LogP contribution is 2.34. The van der Waals surface area contributed by atoms with E-state index >= 15 is 0 Å². The molecule has 8 heteroatoms. The van der Waals surface area contributed by atoms with Gasteiger partial charge in [-0.25, -0.2) is 0 Å². The molecule has 2 aromatic rings. The van der Waals surface area contributed by atoms with Crippen LogP contribution in [0, 0.1) is 11.3 Å². The summed E-state index contributed by atoms with van der Waals surface area (Å²) in [6, 6.07) is 12.1. The van der Waals surface area contributed by atoms with Crippen molar-refractivity contribution in [2.24, 2.45) is 0 Å². The van der Waals surface area contributed by atoms with Gasteiger partial charge >= 0.3 is 0 Å². The number of thiocarbonyl (C=S) groups is 1. The number of nitriles is 1. The van der Waals surface area contributed by atoms with Crippen LogP contribution in [0.1, 0.15) is 42.8 Å². The van der Waals surface area contributed by atoms with E-state index in [-0.39, 0.29) is 17.5 Å². The molecule has 1 aromatic carbocycles. The lowest BCUT2D eigenvalue weighted by Crippen LogP contribution is -2.30. The molecule has 0 spiro atoms. The average molecular weight is 439 g/mol. The van der Waals surface area contributed by atoms with Gasteiger partial charge < -0.3 is 9.32 Å². The number of hydrogen-bond donors (Lipinski definition) is 0. The van der Waals surface area contributed by atoms with Crippen molar-refractivity contribution in [2.45, 2.75) is 32.1 Å². The van der Waals surface area contributed by atoms with Crippen molar-refractivity contribution in [3.05, 3.63) is 52.4 Å². The van der Waals surface area contributed by atoms with E-state index in [1.807, 2.05) is 30.3 Å². The van der Waals surface area contributed by atoms with Crippen molar-refractivity contribution >= 4 is 46.2 Å². The maximum Gasteiger partial charge on any atom is 0.266 e. The minimum Gasteiger partial charge on any atom is -0.420 e. The first-order valence-corrected chi connectivity index (χ1v) is 11.3. The molecule has 6 nitrogen and oxygen atoms in total. The van der Waals surface area contributed by atoms with Crippen LogP contribution < -0.4 is 4.90 Å².